The van der Waals surface area contributed by atoms with Crippen molar-refractivity contribution in [1.29, 1.82) is 0 Å². The molecule has 0 radical (unpaired) electrons. The number of fused-ring (bicyclic) bond motifs is 3. The van der Waals surface area contributed by atoms with Crippen LogP contribution in [-0.2, 0) is 0 Å². The van der Waals surface area contributed by atoms with E-state index in [4.69, 9.17) is 4.42 Å². The van der Waals surface area contributed by atoms with E-state index in [1.54, 1.807) is 0 Å². The molecular formula is C40H24O. The number of hydrogen-bond acceptors (Lipinski definition) is 1. The van der Waals surface area contributed by atoms with Crippen molar-refractivity contribution in [3.8, 4) is 33.4 Å². The average Bonchev–Trinajstić information content (AvgIpc) is 3.43. The Kier molecular flexibility index (Phi) is 4.67. The second-order valence-electron chi connectivity index (χ2n) is 10.8. The predicted molar refractivity (Wildman–Crippen MR) is 174 cm³/mol. The molecule has 0 unspecified atom stereocenters. The molecule has 1 nitrogen and oxygen atoms in total. The van der Waals surface area contributed by atoms with Gasteiger partial charge in [-0.05, 0) is 83.9 Å². The Labute approximate surface area is 237 Å². The van der Waals surface area contributed by atoms with Crippen LogP contribution >= 0.6 is 0 Å². The molecule has 1 aromatic heterocycles. The zero-order valence-electron chi connectivity index (χ0n) is 22.3. The van der Waals surface area contributed by atoms with Crippen molar-refractivity contribution >= 4 is 54.3 Å². The largest absolute Gasteiger partial charge is 0.456 e. The highest BCUT2D eigenvalue weighted by atomic mass is 16.3. The fourth-order valence-corrected chi connectivity index (χ4v) is 6.84. The number of furan rings is 1. The maximum atomic E-state index is 6.27. The molecule has 0 spiro atoms. The van der Waals surface area contributed by atoms with E-state index in [9.17, 15) is 0 Å². The molecule has 190 valence electrons. The van der Waals surface area contributed by atoms with Crippen LogP contribution in [0.5, 0.6) is 0 Å². The first kappa shape index (κ1) is 22.4. The van der Waals surface area contributed by atoms with Gasteiger partial charge in [-0.2, -0.15) is 0 Å². The van der Waals surface area contributed by atoms with Gasteiger partial charge >= 0.3 is 0 Å². The Balaban J connectivity index is 1.44. The Morgan fingerprint density at radius 2 is 0.902 bits per heavy atom. The zero-order chi connectivity index (χ0) is 26.9. The van der Waals surface area contributed by atoms with Gasteiger partial charge in [0, 0.05) is 10.8 Å². The van der Waals surface area contributed by atoms with E-state index in [2.05, 4.69) is 140 Å². The summed E-state index contributed by atoms with van der Waals surface area (Å²) in [5, 5.41) is 10.1. The predicted octanol–water partition coefficient (Wildman–Crippen LogP) is 11.5. The molecule has 0 N–H and O–H groups in total. The van der Waals surface area contributed by atoms with Crippen LogP contribution in [-0.4, -0.2) is 0 Å². The molecule has 0 atom stereocenters. The Morgan fingerprint density at radius 3 is 1.63 bits per heavy atom. The lowest BCUT2D eigenvalue weighted by Crippen LogP contribution is -1.92. The maximum Gasteiger partial charge on any atom is 0.136 e. The Bertz CT molecular complexity index is 2340. The molecule has 0 aliphatic rings. The van der Waals surface area contributed by atoms with Crippen LogP contribution in [0.4, 0.5) is 0 Å². The minimum absolute atomic E-state index is 0.923. The number of rotatable bonds is 3. The number of benzene rings is 8. The SMILES string of the molecule is c1ccc(-c2cc(-c3ccccc3)c3ccc4c(-c5cccc6oc7ccccc7c56)ccc5ccc2c3c54)cc1. The van der Waals surface area contributed by atoms with Gasteiger partial charge in [-0.15, -0.1) is 0 Å². The molecule has 0 bridgehead atoms. The van der Waals surface area contributed by atoms with Crippen molar-refractivity contribution in [1.82, 2.24) is 0 Å². The molecule has 1 heteroatoms. The van der Waals surface area contributed by atoms with Crippen LogP contribution in [0.25, 0.3) is 87.6 Å². The van der Waals surface area contributed by atoms with E-state index in [0.717, 1.165) is 16.6 Å². The minimum Gasteiger partial charge on any atom is -0.456 e. The highest BCUT2D eigenvalue weighted by Gasteiger charge is 2.20. The monoisotopic (exact) mass is 520 g/mol. The van der Waals surface area contributed by atoms with E-state index in [1.165, 1.54) is 71.1 Å². The molecule has 9 aromatic rings. The first-order chi connectivity index (χ1) is 20.3. The summed E-state index contributed by atoms with van der Waals surface area (Å²) in [6.07, 6.45) is 0. The molecule has 0 saturated heterocycles. The van der Waals surface area contributed by atoms with Crippen LogP contribution in [0.15, 0.2) is 150 Å². The van der Waals surface area contributed by atoms with Crippen LogP contribution in [0.1, 0.15) is 0 Å². The van der Waals surface area contributed by atoms with Gasteiger partial charge in [0.2, 0.25) is 0 Å². The van der Waals surface area contributed by atoms with Gasteiger partial charge < -0.3 is 4.42 Å². The summed E-state index contributed by atoms with van der Waals surface area (Å²) in [6, 6.07) is 52.6. The third kappa shape index (κ3) is 3.24. The van der Waals surface area contributed by atoms with Crippen LogP contribution in [0.3, 0.4) is 0 Å². The Morgan fingerprint density at radius 1 is 0.317 bits per heavy atom. The Hall–Kier alpha value is -5.40. The second kappa shape index (κ2) is 8.55. The fourth-order valence-electron chi connectivity index (χ4n) is 6.84. The third-order valence-electron chi connectivity index (χ3n) is 8.64. The van der Waals surface area contributed by atoms with Crippen LogP contribution < -0.4 is 0 Å². The van der Waals surface area contributed by atoms with Gasteiger partial charge in [-0.3, -0.25) is 0 Å². The van der Waals surface area contributed by atoms with Crippen molar-refractivity contribution in [3.63, 3.8) is 0 Å². The van der Waals surface area contributed by atoms with Crippen LogP contribution in [0.2, 0.25) is 0 Å². The standard InChI is InChI=1S/C40H24O/c1-3-10-25(11-4-1)34-24-35(26-12-5-2-6-13-26)32-23-22-30-28(20-18-27-19-21-31(34)40(32)38(27)30)29-15-9-17-37-39(29)33-14-7-8-16-36(33)41-37/h1-24H. The molecule has 0 fully saturated rings. The first-order valence-electron chi connectivity index (χ1n) is 14.1. The van der Waals surface area contributed by atoms with Crippen LogP contribution in [0, 0.1) is 0 Å². The van der Waals surface area contributed by atoms with Crippen molar-refractivity contribution in [2.45, 2.75) is 0 Å². The van der Waals surface area contributed by atoms with E-state index >= 15 is 0 Å². The smallest absolute Gasteiger partial charge is 0.136 e. The molecule has 0 aliphatic heterocycles. The van der Waals surface area contributed by atoms with Gasteiger partial charge in [0.05, 0.1) is 0 Å². The first-order valence-corrected chi connectivity index (χ1v) is 14.1. The second-order valence-corrected chi connectivity index (χ2v) is 10.8. The van der Waals surface area contributed by atoms with Gasteiger partial charge in [-0.25, -0.2) is 0 Å². The van der Waals surface area contributed by atoms with Crippen molar-refractivity contribution in [2.24, 2.45) is 0 Å². The molecule has 0 aliphatic carbocycles. The summed E-state index contributed by atoms with van der Waals surface area (Å²) < 4.78 is 6.27. The quantitative estimate of drug-likeness (QED) is 0.211. The molecule has 9 rings (SSSR count). The van der Waals surface area contributed by atoms with Gasteiger partial charge in [0.15, 0.2) is 0 Å². The maximum absolute atomic E-state index is 6.27. The van der Waals surface area contributed by atoms with Gasteiger partial charge in [-0.1, -0.05) is 127 Å². The molecule has 41 heavy (non-hydrogen) atoms. The summed E-state index contributed by atoms with van der Waals surface area (Å²) in [5.74, 6) is 0. The highest BCUT2D eigenvalue weighted by molar-refractivity contribution is 6.30. The molecule has 8 aromatic carbocycles. The topological polar surface area (TPSA) is 13.1 Å². The van der Waals surface area contributed by atoms with E-state index in [-0.39, 0.29) is 0 Å². The highest BCUT2D eigenvalue weighted by Crippen LogP contribution is 2.47. The van der Waals surface area contributed by atoms with Gasteiger partial charge in [0.1, 0.15) is 11.2 Å². The van der Waals surface area contributed by atoms with E-state index < -0.39 is 0 Å². The summed E-state index contributed by atoms with van der Waals surface area (Å²) in [5.41, 5.74) is 9.28. The summed E-state index contributed by atoms with van der Waals surface area (Å²) >= 11 is 0. The molecule has 0 saturated carbocycles. The molecule has 0 amide bonds. The normalized spacial score (nSPS) is 11.9. The fraction of sp³-hybridized carbons (Fsp3) is 0. The van der Waals surface area contributed by atoms with Crippen molar-refractivity contribution in [2.75, 3.05) is 0 Å². The van der Waals surface area contributed by atoms with Crippen molar-refractivity contribution in [3.05, 3.63) is 146 Å². The van der Waals surface area contributed by atoms with Crippen molar-refractivity contribution < 1.29 is 4.42 Å². The zero-order valence-corrected chi connectivity index (χ0v) is 22.3. The third-order valence-corrected chi connectivity index (χ3v) is 8.64. The summed E-state index contributed by atoms with van der Waals surface area (Å²) in [4.78, 5) is 0. The average molecular weight is 521 g/mol. The number of para-hydroxylation sites is 1. The molecular weight excluding hydrogens is 496 g/mol. The van der Waals surface area contributed by atoms with E-state index in [1.807, 2.05) is 6.07 Å². The van der Waals surface area contributed by atoms with E-state index in [0.29, 0.717) is 0 Å². The molecule has 1 heterocycles. The summed E-state index contributed by atoms with van der Waals surface area (Å²) in [6.45, 7) is 0. The lowest BCUT2D eigenvalue weighted by Gasteiger charge is -2.19. The lowest BCUT2D eigenvalue weighted by atomic mass is 9.84. The number of hydrogen-bond donors (Lipinski definition) is 0. The van der Waals surface area contributed by atoms with Gasteiger partial charge in [0.25, 0.3) is 0 Å². The minimum atomic E-state index is 0.923. The lowest BCUT2D eigenvalue weighted by molar-refractivity contribution is 0.669. The summed E-state index contributed by atoms with van der Waals surface area (Å²) in [7, 11) is 0.